The smallest absolute Gasteiger partial charge is 0.235 e. The van der Waals surface area contributed by atoms with Crippen molar-refractivity contribution < 1.29 is 22.7 Å². The molecule has 0 spiro atoms. The predicted octanol–water partition coefficient (Wildman–Crippen LogP) is 1.15. The third kappa shape index (κ3) is 4.71. The van der Waals surface area contributed by atoms with E-state index in [1.165, 1.54) is 12.1 Å². The van der Waals surface area contributed by atoms with Crippen LogP contribution in [0.15, 0.2) is 29.2 Å². The van der Waals surface area contributed by atoms with Crippen LogP contribution in [0.25, 0.3) is 0 Å². The van der Waals surface area contributed by atoms with Gasteiger partial charge < -0.3 is 14.8 Å². The van der Waals surface area contributed by atoms with Crippen LogP contribution >= 0.6 is 0 Å². The van der Waals surface area contributed by atoms with Gasteiger partial charge in [-0.3, -0.25) is 4.79 Å². The molecule has 1 fully saturated rings. The number of nitrogens with one attached hydrogen (secondary N) is 1. The van der Waals surface area contributed by atoms with Gasteiger partial charge in [0, 0.05) is 13.2 Å². The average Bonchev–Trinajstić information content (AvgIpc) is 2.99. The molecule has 1 unspecified atom stereocenters. The Labute approximate surface area is 130 Å². The highest BCUT2D eigenvalue weighted by molar-refractivity contribution is 7.92. The zero-order chi connectivity index (χ0) is 16.0. The number of carbonyl (C=O) groups is 1. The van der Waals surface area contributed by atoms with Gasteiger partial charge in [-0.25, -0.2) is 8.42 Å². The van der Waals surface area contributed by atoms with Gasteiger partial charge >= 0.3 is 0 Å². The molecule has 0 aromatic heterocycles. The molecule has 1 heterocycles. The zero-order valence-electron chi connectivity index (χ0n) is 12.6. The number of hydrogen-bond donors (Lipinski definition) is 1. The predicted molar refractivity (Wildman–Crippen MR) is 81.6 cm³/mol. The Balaban J connectivity index is 1.90. The lowest BCUT2D eigenvalue weighted by Gasteiger charge is -2.11. The second-order valence-electron chi connectivity index (χ2n) is 5.10. The minimum atomic E-state index is -3.65. The van der Waals surface area contributed by atoms with E-state index in [1.807, 2.05) is 6.92 Å². The molecule has 0 bridgehead atoms. The summed E-state index contributed by atoms with van der Waals surface area (Å²) >= 11 is 0. The van der Waals surface area contributed by atoms with Crippen molar-refractivity contribution in [1.29, 1.82) is 0 Å². The Kier molecular flexibility index (Phi) is 5.79. The number of sulfone groups is 1. The van der Waals surface area contributed by atoms with Crippen LogP contribution in [0.5, 0.6) is 5.75 Å². The third-order valence-electron chi connectivity index (χ3n) is 3.37. The summed E-state index contributed by atoms with van der Waals surface area (Å²) in [6.45, 7) is 3.42. The number of benzene rings is 1. The molecule has 22 heavy (non-hydrogen) atoms. The van der Waals surface area contributed by atoms with Crippen LogP contribution in [-0.2, 0) is 19.4 Å². The summed E-state index contributed by atoms with van der Waals surface area (Å²) in [5.74, 6) is -0.470. The van der Waals surface area contributed by atoms with E-state index in [0.29, 0.717) is 25.5 Å². The molecule has 6 nitrogen and oxygen atoms in total. The quantitative estimate of drug-likeness (QED) is 0.812. The van der Waals surface area contributed by atoms with Gasteiger partial charge in [0.05, 0.1) is 17.6 Å². The Bertz CT molecular complexity index is 591. The van der Waals surface area contributed by atoms with Gasteiger partial charge in [-0.1, -0.05) is 0 Å². The fourth-order valence-corrected chi connectivity index (χ4v) is 3.41. The maximum Gasteiger partial charge on any atom is 0.235 e. The minimum Gasteiger partial charge on any atom is -0.494 e. The van der Waals surface area contributed by atoms with Crippen molar-refractivity contribution in [3.63, 3.8) is 0 Å². The van der Waals surface area contributed by atoms with Crippen molar-refractivity contribution in [2.45, 2.75) is 30.8 Å². The Morgan fingerprint density at radius 3 is 2.68 bits per heavy atom. The first-order valence-electron chi connectivity index (χ1n) is 7.35. The zero-order valence-corrected chi connectivity index (χ0v) is 13.4. The largest absolute Gasteiger partial charge is 0.494 e. The second kappa shape index (κ2) is 7.60. The van der Waals surface area contributed by atoms with E-state index in [0.717, 1.165) is 12.8 Å². The molecule has 0 radical (unpaired) electrons. The average molecular weight is 327 g/mol. The number of ether oxygens (including phenoxy) is 2. The molecule has 1 aliphatic rings. The van der Waals surface area contributed by atoms with Gasteiger partial charge in [0.2, 0.25) is 5.91 Å². The van der Waals surface area contributed by atoms with Crippen molar-refractivity contribution in [3.8, 4) is 5.75 Å². The lowest BCUT2D eigenvalue weighted by atomic mass is 10.2. The summed E-state index contributed by atoms with van der Waals surface area (Å²) in [7, 11) is -3.65. The van der Waals surface area contributed by atoms with E-state index >= 15 is 0 Å². The highest BCUT2D eigenvalue weighted by atomic mass is 32.2. The maximum absolute atomic E-state index is 12.2. The normalized spacial score (nSPS) is 18.1. The number of hydrogen-bond acceptors (Lipinski definition) is 5. The van der Waals surface area contributed by atoms with Crippen LogP contribution in [0.3, 0.4) is 0 Å². The monoisotopic (exact) mass is 327 g/mol. The first-order chi connectivity index (χ1) is 10.5. The van der Waals surface area contributed by atoms with Gasteiger partial charge in [0.15, 0.2) is 9.84 Å². The summed E-state index contributed by atoms with van der Waals surface area (Å²) in [5.41, 5.74) is 0. The van der Waals surface area contributed by atoms with Crippen LogP contribution in [0.1, 0.15) is 19.8 Å². The van der Waals surface area contributed by atoms with E-state index in [2.05, 4.69) is 5.32 Å². The topological polar surface area (TPSA) is 81.7 Å². The SMILES string of the molecule is CCOc1ccc(S(=O)(=O)CC(=O)NCC2CCCO2)cc1. The lowest BCUT2D eigenvalue weighted by molar-refractivity contribution is -0.119. The van der Waals surface area contributed by atoms with Crippen LogP contribution < -0.4 is 10.1 Å². The van der Waals surface area contributed by atoms with E-state index in [4.69, 9.17) is 9.47 Å². The van der Waals surface area contributed by atoms with Gasteiger partial charge in [0.1, 0.15) is 11.5 Å². The summed E-state index contributed by atoms with van der Waals surface area (Å²) < 4.78 is 35.0. The first-order valence-corrected chi connectivity index (χ1v) is 9.00. The fourth-order valence-electron chi connectivity index (χ4n) is 2.25. The van der Waals surface area contributed by atoms with Crippen LogP contribution in [0, 0.1) is 0 Å². The third-order valence-corrected chi connectivity index (χ3v) is 5.00. The standard InChI is InChI=1S/C15H21NO5S/c1-2-20-12-5-7-14(8-6-12)22(18,19)11-15(17)16-10-13-4-3-9-21-13/h5-8,13H,2-4,9-11H2,1H3,(H,16,17). The van der Waals surface area contributed by atoms with E-state index in [1.54, 1.807) is 12.1 Å². The Morgan fingerprint density at radius 1 is 1.36 bits per heavy atom. The Hall–Kier alpha value is -1.60. The summed E-state index contributed by atoms with van der Waals surface area (Å²) in [6.07, 6.45) is 1.87. The van der Waals surface area contributed by atoms with Crippen molar-refractivity contribution in [3.05, 3.63) is 24.3 Å². The van der Waals surface area contributed by atoms with Crippen LogP contribution in [-0.4, -0.2) is 45.9 Å². The molecule has 1 saturated heterocycles. The molecular formula is C15H21NO5S. The molecule has 0 saturated carbocycles. The number of rotatable bonds is 7. The van der Waals surface area contributed by atoms with Gasteiger partial charge in [-0.05, 0) is 44.0 Å². The lowest BCUT2D eigenvalue weighted by Crippen LogP contribution is -2.35. The van der Waals surface area contributed by atoms with Crippen LogP contribution in [0.2, 0.25) is 0 Å². The summed E-state index contributed by atoms with van der Waals surface area (Å²) in [6, 6.07) is 6.07. The van der Waals surface area contributed by atoms with Gasteiger partial charge in [0.25, 0.3) is 0 Å². The maximum atomic E-state index is 12.2. The molecule has 1 aromatic carbocycles. The molecular weight excluding hydrogens is 306 g/mol. The van der Waals surface area contributed by atoms with Crippen molar-refractivity contribution >= 4 is 15.7 Å². The molecule has 2 rings (SSSR count). The van der Waals surface area contributed by atoms with E-state index in [9.17, 15) is 13.2 Å². The summed E-state index contributed by atoms with van der Waals surface area (Å²) in [5, 5.41) is 2.61. The molecule has 1 aromatic rings. The molecule has 1 atom stereocenters. The molecule has 1 aliphatic heterocycles. The van der Waals surface area contributed by atoms with Crippen LogP contribution in [0.4, 0.5) is 0 Å². The Morgan fingerprint density at radius 2 is 2.09 bits per heavy atom. The minimum absolute atomic E-state index is 0.00266. The molecule has 1 amide bonds. The summed E-state index contributed by atoms with van der Waals surface area (Å²) in [4.78, 5) is 11.9. The molecule has 122 valence electrons. The molecule has 7 heteroatoms. The van der Waals surface area contributed by atoms with Crippen molar-refractivity contribution in [2.24, 2.45) is 0 Å². The number of carbonyl (C=O) groups excluding carboxylic acids is 1. The first kappa shape index (κ1) is 16.8. The number of amides is 1. The second-order valence-corrected chi connectivity index (χ2v) is 7.09. The fraction of sp³-hybridized carbons (Fsp3) is 0.533. The van der Waals surface area contributed by atoms with Crippen molar-refractivity contribution in [2.75, 3.05) is 25.5 Å². The van der Waals surface area contributed by atoms with Gasteiger partial charge in [-0.2, -0.15) is 0 Å². The van der Waals surface area contributed by atoms with E-state index < -0.39 is 21.5 Å². The van der Waals surface area contributed by atoms with E-state index in [-0.39, 0.29) is 11.0 Å². The highest BCUT2D eigenvalue weighted by Gasteiger charge is 2.21. The molecule has 0 aliphatic carbocycles. The molecule has 1 N–H and O–H groups in total. The highest BCUT2D eigenvalue weighted by Crippen LogP contribution is 2.17. The van der Waals surface area contributed by atoms with Crippen molar-refractivity contribution in [1.82, 2.24) is 5.32 Å². The van der Waals surface area contributed by atoms with Gasteiger partial charge in [-0.15, -0.1) is 0 Å².